The standard InChI is InChI=1S/C14H11BrClIN2S/c1-8(16)14-18-11-6-9(17)2-3-12(11)19(14)7-13-10(15)4-5-20-13/h2-6,8H,7H2,1H3. The molecule has 20 heavy (non-hydrogen) atoms. The minimum Gasteiger partial charge on any atom is -0.321 e. The largest absolute Gasteiger partial charge is 0.321 e. The highest BCUT2D eigenvalue weighted by Gasteiger charge is 2.16. The molecule has 0 aliphatic rings. The van der Waals surface area contributed by atoms with E-state index in [4.69, 9.17) is 16.6 Å². The van der Waals surface area contributed by atoms with Gasteiger partial charge in [-0.05, 0) is 75.1 Å². The zero-order chi connectivity index (χ0) is 14.3. The van der Waals surface area contributed by atoms with Crippen molar-refractivity contribution in [2.75, 3.05) is 0 Å². The molecule has 2 heterocycles. The minimum absolute atomic E-state index is 0.112. The SMILES string of the molecule is CC(Cl)c1nc2cc(I)ccc2n1Cc1sccc1Br. The Labute approximate surface area is 148 Å². The van der Waals surface area contributed by atoms with Crippen molar-refractivity contribution in [1.29, 1.82) is 0 Å². The van der Waals surface area contributed by atoms with Crippen LogP contribution in [0.25, 0.3) is 11.0 Å². The van der Waals surface area contributed by atoms with E-state index in [0.717, 1.165) is 27.9 Å². The first-order valence-electron chi connectivity index (χ1n) is 6.08. The molecule has 6 heteroatoms. The number of imidazole rings is 1. The van der Waals surface area contributed by atoms with Crippen LogP contribution in [0.2, 0.25) is 0 Å². The Bertz CT molecular complexity index is 766. The number of rotatable bonds is 3. The molecular weight excluding hydrogens is 470 g/mol. The molecule has 0 N–H and O–H groups in total. The van der Waals surface area contributed by atoms with Gasteiger partial charge in [0.1, 0.15) is 5.82 Å². The number of halogens is 3. The topological polar surface area (TPSA) is 17.8 Å². The summed E-state index contributed by atoms with van der Waals surface area (Å²) in [5.41, 5.74) is 2.14. The van der Waals surface area contributed by atoms with Gasteiger partial charge in [-0.1, -0.05) is 0 Å². The van der Waals surface area contributed by atoms with Gasteiger partial charge in [0.2, 0.25) is 0 Å². The lowest BCUT2D eigenvalue weighted by molar-refractivity contribution is 0.749. The van der Waals surface area contributed by atoms with Crippen molar-refractivity contribution in [3.8, 4) is 0 Å². The molecule has 0 spiro atoms. The lowest BCUT2D eigenvalue weighted by Gasteiger charge is -2.10. The highest BCUT2D eigenvalue weighted by atomic mass is 127. The summed E-state index contributed by atoms with van der Waals surface area (Å²) in [7, 11) is 0. The van der Waals surface area contributed by atoms with E-state index < -0.39 is 0 Å². The van der Waals surface area contributed by atoms with Crippen LogP contribution in [-0.2, 0) is 6.54 Å². The molecule has 104 valence electrons. The number of hydrogen-bond acceptors (Lipinski definition) is 2. The summed E-state index contributed by atoms with van der Waals surface area (Å²) in [6, 6.07) is 8.39. The first-order valence-corrected chi connectivity index (χ1v) is 9.26. The Hall–Kier alpha value is -0.110. The monoisotopic (exact) mass is 480 g/mol. The molecule has 1 unspecified atom stereocenters. The van der Waals surface area contributed by atoms with Gasteiger partial charge in [0.15, 0.2) is 0 Å². The zero-order valence-corrected chi connectivity index (χ0v) is 15.9. The third-order valence-corrected chi connectivity index (χ3v) is 5.87. The Morgan fingerprint density at radius 1 is 1.45 bits per heavy atom. The van der Waals surface area contributed by atoms with Crippen LogP contribution in [-0.4, -0.2) is 9.55 Å². The van der Waals surface area contributed by atoms with Gasteiger partial charge in [-0.3, -0.25) is 0 Å². The number of benzene rings is 1. The number of nitrogens with zero attached hydrogens (tertiary/aromatic N) is 2. The molecule has 0 radical (unpaired) electrons. The highest BCUT2D eigenvalue weighted by molar-refractivity contribution is 14.1. The second kappa shape index (κ2) is 5.94. The maximum Gasteiger partial charge on any atom is 0.128 e. The van der Waals surface area contributed by atoms with Crippen molar-refractivity contribution in [3.05, 3.63) is 48.4 Å². The highest BCUT2D eigenvalue weighted by Crippen LogP contribution is 2.30. The van der Waals surface area contributed by atoms with Gasteiger partial charge in [0, 0.05) is 12.9 Å². The summed E-state index contributed by atoms with van der Waals surface area (Å²) in [6.45, 7) is 2.76. The Morgan fingerprint density at radius 3 is 2.90 bits per heavy atom. The molecule has 0 fully saturated rings. The van der Waals surface area contributed by atoms with E-state index in [1.165, 1.54) is 8.45 Å². The fourth-order valence-corrected chi connectivity index (χ4v) is 4.28. The second-order valence-corrected chi connectivity index (χ2v) is 8.25. The van der Waals surface area contributed by atoms with Crippen LogP contribution in [0, 0.1) is 3.57 Å². The maximum absolute atomic E-state index is 6.31. The van der Waals surface area contributed by atoms with E-state index in [0.29, 0.717) is 0 Å². The third kappa shape index (κ3) is 2.77. The molecule has 0 bridgehead atoms. The number of fused-ring (bicyclic) bond motifs is 1. The van der Waals surface area contributed by atoms with Crippen LogP contribution >= 0.6 is 61.5 Å². The van der Waals surface area contributed by atoms with E-state index in [-0.39, 0.29) is 5.38 Å². The first-order chi connectivity index (χ1) is 9.56. The van der Waals surface area contributed by atoms with Crippen molar-refractivity contribution in [1.82, 2.24) is 9.55 Å². The molecular formula is C14H11BrClIN2S. The molecule has 3 rings (SSSR count). The summed E-state index contributed by atoms with van der Waals surface area (Å²) >= 11 is 13.9. The van der Waals surface area contributed by atoms with E-state index in [1.807, 2.05) is 6.92 Å². The third-order valence-electron chi connectivity index (χ3n) is 3.09. The Balaban J connectivity index is 2.16. The van der Waals surface area contributed by atoms with Crippen molar-refractivity contribution >= 4 is 72.5 Å². The average Bonchev–Trinajstić information content (AvgIpc) is 2.95. The van der Waals surface area contributed by atoms with E-state index in [9.17, 15) is 0 Å². The molecule has 0 aliphatic heterocycles. The van der Waals surface area contributed by atoms with Crippen molar-refractivity contribution in [2.45, 2.75) is 18.8 Å². The smallest absolute Gasteiger partial charge is 0.128 e. The van der Waals surface area contributed by atoms with Crippen molar-refractivity contribution < 1.29 is 0 Å². The number of thiophene rings is 1. The van der Waals surface area contributed by atoms with Gasteiger partial charge in [-0.25, -0.2) is 4.98 Å². The lowest BCUT2D eigenvalue weighted by Crippen LogP contribution is -2.05. The average molecular weight is 482 g/mol. The van der Waals surface area contributed by atoms with Gasteiger partial charge in [-0.15, -0.1) is 22.9 Å². The summed E-state index contributed by atoms with van der Waals surface area (Å²) < 4.78 is 4.54. The van der Waals surface area contributed by atoms with Gasteiger partial charge in [0.25, 0.3) is 0 Å². The quantitative estimate of drug-likeness (QED) is 0.341. The molecule has 0 saturated heterocycles. The Kier molecular flexibility index (Phi) is 4.40. The van der Waals surface area contributed by atoms with Gasteiger partial charge in [-0.2, -0.15) is 0 Å². The van der Waals surface area contributed by atoms with Gasteiger partial charge >= 0.3 is 0 Å². The van der Waals surface area contributed by atoms with Crippen LogP contribution < -0.4 is 0 Å². The Morgan fingerprint density at radius 2 is 2.25 bits per heavy atom. The van der Waals surface area contributed by atoms with Crippen LogP contribution in [0.5, 0.6) is 0 Å². The second-order valence-electron chi connectivity index (χ2n) is 4.50. The molecule has 0 amide bonds. The first kappa shape index (κ1) is 14.8. The van der Waals surface area contributed by atoms with Crippen LogP contribution in [0.4, 0.5) is 0 Å². The van der Waals surface area contributed by atoms with Gasteiger partial charge in [0.05, 0.1) is 23.0 Å². The predicted octanol–water partition coefficient (Wildman–Crippen LogP) is 5.81. The minimum atomic E-state index is -0.112. The van der Waals surface area contributed by atoms with Crippen LogP contribution in [0.3, 0.4) is 0 Å². The van der Waals surface area contributed by atoms with Crippen molar-refractivity contribution in [2.24, 2.45) is 0 Å². The van der Waals surface area contributed by atoms with Crippen LogP contribution in [0.15, 0.2) is 34.1 Å². The molecule has 0 aliphatic carbocycles. The molecule has 1 aromatic carbocycles. The normalized spacial score (nSPS) is 13.0. The van der Waals surface area contributed by atoms with E-state index >= 15 is 0 Å². The number of alkyl halides is 1. The van der Waals surface area contributed by atoms with Gasteiger partial charge < -0.3 is 4.57 Å². The summed E-state index contributed by atoms with van der Waals surface area (Å²) in [4.78, 5) is 5.98. The molecule has 0 saturated carbocycles. The molecule has 1 atom stereocenters. The molecule has 3 aromatic rings. The fraction of sp³-hybridized carbons (Fsp3) is 0.214. The number of hydrogen-bond donors (Lipinski definition) is 0. The molecule has 2 aromatic heterocycles. The van der Waals surface area contributed by atoms with E-state index in [2.05, 4.69) is 72.7 Å². The summed E-state index contributed by atoms with van der Waals surface area (Å²) in [5.74, 6) is 0.920. The zero-order valence-electron chi connectivity index (χ0n) is 10.6. The fourth-order valence-electron chi connectivity index (χ4n) is 2.17. The number of aromatic nitrogens is 2. The summed E-state index contributed by atoms with van der Waals surface area (Å²) in [5, 5.41) is 1.98. The lowest BCUT2D eigenvalue weighted by atomic mass is 10.3. The van der Waals surface area contributed by atoms with Crippen molar-refractivity contribution in [3.63, 3.8) is 0 Å². The molecule has 2 nitrogen and oxygen atoms in total. The van der Waals surface area contributed by atoms with E-state index in [1.54, 1.807) is 11.3 Å². The van der Waals surface area contributed by atoms with Crippen LogP contribution in [0.1, 0.15) is 23.0 Å². The maximum atomic E-state index is 6.31. The summed E-state index contributed by atoms with van der Waals surface area (Å²) in [6.07, 6.45) is 0. The predicted molar refractivity (Wildman–Crippen MR) is 97.8 cm³/mol.